The second kappa shape index (κ2) is 7.84. The van der Waals surface area contributed by atoms with Gasteiger partial charge in [-0.15, -0.1) is 0 Å². The average molecular weight is 410 g/mol. The average Bonchev–Trinajstić information content (AvgIpc) is 3.54. The summed E-state index contributed by atoms with van der Waals surface area (Å²) in [4.78, 5) is 14.5. The quantitative estimate of drug-likeness (QED) is 0.536. The van der Waals surface area contributed by atoms with E-state index in [4.69, 9.17) is 18.9 Å². The lowest BCUT2D eigenvalue weighted by Crippen LogP contribution is -2.56. The lowest BCUT2D eigenvalue weighted by Gasteiger charge is -2.43. The van der Waals surface area contributed by atoms with Crippen LogP contribution in [0.3, 0.4) is 0 Å². The van der Waals surface area contributed by atoms with E-state index in [1.54, 1.807) is 12.0 Å². The minimum Gasteiger partial charge on any atom is -0.443 e. The molecule has 0 radical (unpaired) electrons. The van der Waals surface area contributed by atoms with Crippen molar-refractivity contribution >= 4 is 6.09 Å². The number of allylic oxidation sites excluding steroid dienone is 1. The van der Waals surface area contributed by atoms with E-state index in [1.165, 1.54) is 0 Å². The number of carbonyl (C=O) groups excluding carboxylic acids is 1. The standard InChI is InChI=1S/C22H35NO6/c1-14(2)7-8-17-21(3,29-17)19-18(26-4)16(9-10-22(19)13-27-22)28-20(25)23-11-5-6-15(23)12-24/h7-8,14-19,24H,5-6,9-13H2,1-4H3/b8-7+/t15?,16-,17-,18?,19?,21?,22+/m1/s1. The van der Waals surface area contributed by atoms with Crippen molar-refractivity contribution in [1.82, 2.24) is 4.90 Å². The van der Waals surface area contributed by atoms with Gasteiger partial charge in [0.25, 0.3) is 0 Å². The summed E-state index contributed by atoms with van der Waals surface area (Å²) < 4.78 is 24.0. The summed E-state index contributed by atoms with van der Waals surface area (Å²) >= 11 is 0. The predicted molar refractivity (Wildman–Crippen MR) is 107 cm³/mol. The van der Waals surface area contributed by atoms with Crippen molar-refractivity contribution < 1.29 is 28.8 Å². The molecule has 1 saturated carbocycles. The Balaban J connectivity index is 1.49. The first-order valence-corrected chi connectivity index (χ1v) is 11.0. The van der Waals surface area contributed by atoms with Gasteiger partial charge in [-0.1, -0.05) is 26.0 Å². The maximum absolute atomic E-state index is 12.8. The molecular formula is C22H35NO6. The Bertz CT molecular complexity index is 647. The van der Waals surface area contributed by atoms with E-state index in [-0.39, 0.29) is 54.2 Å². The van der Waals surface area contributed by atoms with Crippen LogP contribution < -0.4 is 0 Å². The van der Waals surface area contributed by atoms with Gasteiger partial charge in [0, 0.05) is 13.7 Å². The molecule has 4 unspecified atom stereocenters. The predicted octanol–water partition coefficient (Wildman–Crippen LogP) is 2.51. The van der Waals surface area contributed by atoms with Gasteiger partial charge in [0.1, 0.15) is 29.5 Å². The number of epoxide rings is 2. The fraction of sp³-hybridized carbons (Fsp3) is 0.864. The lowest BCUT2D eigenvalue weighted by molar-refractivity contribution is -0.122. The molecule has 164 valence electrons. The molecule has 1 N–H and O–H groups in total. The first-order chi connectivity index (χ1) is 13.8. The van der Waals surface area contributed by atoms with Crippen molar-refractivity contribution in [1.29, 1.82) is 0 Å². The summed E-state index contributed by atoms with van der Waals surface area (Å²) in [5.41, 5.74) is -0.616. The van der Waals surface area contributed by atoms with Crippen LogP contribution >= 0.6 is 0 Å². The Morgan fingerprint density at radius 2 is 2.14 bits per heavy atom. The summed E-state index contributed by atoms with van der Waals surface area (Å²) in [6, 6.07) is -0.143. The van der Waals surface area contributed by atoms with Crippen LogP contribution in [0.2, 0.25) is 0 Å². The zero-order chi connectivity index (χ0) is 20.8. The molecule has 3 aliphatic heterocycles. The molecule has 1 aliphatic carbocycles. The van der Waals surface area contributed by atoms with E-state index in [0.29, 0.717) is 25.5 Å². The molecule has 29 heavy (non-hydrogen) atoms. The minimum absolute atomic E-state index is 0.000536. The smallest absolute Gasteiger partial charge is 0.410 e. The number of hydrogen-bond acceptors (Lipinski definition) is 6. The van der Waals surface area contributed by atoms with Gasteiger partial charge in [-0.2, -0.15) is 0 Å². The molecule has 1 amide bonds. The summed E-state index contributed by atoms with van der Waals surface area (Å²) in [6.45, 7) is 7.73. The van der Waals surface area contributed by atoms with Crippen molar-refractivity contribution in [3.63, 3.8) is 0 Å². The molecule has 0 aromatic heterocycles. The van der Waals surface area contributed by atoms with Crippen molar-refractivity contribution in [2.75, 3.05) is 26.9 Å². The summed E-state index contributed by atoms with van der Waals surface area (Å²) in [6.07, 6.45) is 6.61. The number of nitrogens with zero attached hydrogens (tertiary/aromatic N) is 1. The van der Waals surface area contributed by atoms with E-state index in [9.17, 15) is 9.90 Å². The topological polar surface area (TPSA) is 84.1 Å². The third kappa shape index (κ3) is 3.82. The molecule has 0 aromatic rings. The number of amides is 1. The number of rotatable bonds is 6. The van der Waals surface area contributed by atoms with Crippen molar-refractivity contribution in [3.8, 4) is 0 Å². The minimum atomic E-state index is -0.380. The van der Waals surface area contributed by atoms with Gasteiger partial charge in [0.05, 0.1) is 25.2 Å². The molecule has 7 atom stereocenters. The molecule has 3 saturated heterocycles. The van der Waals surface area contributed by atoms with E-state index in [1.807, 2.05) is 0 Å². The first kappa shape index (κ1) is 21.1. The van der Waals surface area contributed by atoms with Gasteiger partial charge in [-0.3, -0.25) is 0 Å². The van der Waals surface area contributed by atoms with Crippen molar-refractivity contribution in [3.05, 3.63) is 12.2 Å². The Labute approximate surface area is 173 Å². The second-order valence-electron chi connectivity index (χ2n) is 9.52. The zero-order valence-electron chi connectivity index (χ0n) is 18.0. The molecule has 3 heterocycles. The third-order valence-electron chi connectivity index (χ3n) is 7.15. The molecule has 7 nitrogen and oxygen atoms in total. The highest BCUT2D eigenvalue weighted by atomic mass is 16.6. The summed E-state index contributed by atoms with van der Waals surface area (Å²) in [5, 5.41) is 9.53. The number of carbonyl (C=O) groups is 1. The molecule has 7 heteroatoms. The largest absolute Gasteiger partial charge is 0.443 e. The fourth-order valence-corrected chi connectivity index (χ4v) is 5.41. The molecule has 4 rings (SSSR count). The van der Waals surface area contributed by atoms with E-state index < -0.39 is 0 Å². The lowest BCUT2D eigenvalue weighted by atomic mass is 9.68. The van der Waals surface area contributed by atoms with E-state index in [0.717, 1.165) is 19.3 Å². The van der Waals surface area contributed by atoms with Gasteiger partial charge in [0.2, 0.25) is 0 Å². The number of likely N-dealkylation sites (tertiary alicyclic amines) is 1. The van der Waals surface area contributed by atoms with Crippen LogP contribution in [0.5, 0.6) is 0 Å². The highest BCUT2D eigenvalue weighted by Crippen LogP contribution is 2.59. The van der Waals surface area contributed by atoms with Crippen LogP contribution in [0.25, 0.3) is 0 Å². The van der Waals surface area contributed by atoms with E-state index >= 15 is 0 Å². The van der Waals surface area contributed by atoms with Crippen LogP contribution in [0, 0.1) is 11.8 Å². The maximum Gasteiger partial charge on any atom is 0.410 e. The Kier molecular flexibility index (Phi) is 5.70. The maximum atomic E-state index is 12.8. The van der Waals surface area contributed by atoms with Gasteiger partial charge in [-0.05, 0) is 38.5 Å². The number of ether oxygens (including phenoxy) is 4. The van der Waals surface area contributed by atoms with Crippen LogP contribution in [-0.4, -0.2) is 78.5 Å². The summed E-state index contributed by atoms with van der Waals surface area (Å²) in [5.74, 6) is 0.466. The monoisotopic (exact) mass is 409 g/mol. The van der Waals surface area contributed by atoms with Gasteiger partial charge in [0.15, 0.2) is 0 Å². The number of methoxy groups -OCH3 is 1. The number of hydrogen-bond donors (Lipinski definition) is 1. The normalized spacial score (nSPS) is 44.1. The fourth-order valence-electron chi connectivity index (χ4n) is 5.41. The van der Waals surface area contributed by atoms with Crippen molar-refractivity contribution in [2.24, 2.45) is 11.8 Å². The van der Waals surface area contributed by atoms with Gasteiger partial charge >= 0.3 is 6.09 Å². The van der Waals surface area contributed by atoms with Crippen molar-refractivity contribution in [2.45, 2.75) is 82.0 Å². The molecule has 4 fully saturated rings. The Morgan fingerprint density at radius 1 is 1.38 bits per heavy atom. The molecule has 0 bridgehead atoms. The molecule has 1 spiro atoms. The van der Waals surface area contributed by atoms with E-state index in [2.05, 4.69) is 32.9 Å². The molecule has 4 aliphatic rings. The first-order valence-electron chi connectivity index (χ1n) is 11.0. The third-order valence-corrected chi connectivity index (χ3v) is 7.15. The van der Waals surface area contributed by atoms with Crippen LogP contribution in [0.1, 0.15) is 46.5 Å². The van der Waals surface area contributed by atoms with Gasteiger partial charge < -0.3 is 29.0 Å². The van der Waals surface area contributed by atoms with Crippen LogP contribution in [-0.2, 0) is 18.9 Å². The zero-order valence-corrected chi connectivity index (χ0v) is 18.0. The number of aliphatic hydroxyl groups excluding tert-OH is 1. The van der Waals surface area contributed by atoms with Gasteiger partial charge in [-0.25, -0.2) is 4.79 Å². The summed E-state index contributed by atoms with van der Waals surface area (Å²) in [7, 11) is 1.68. The second-order valence-corrected chi connectivity index (χ2v) is 9.52. The molecular weight excluding hydrogens is 374 g/mol. The highest BCUT2D eigenvalue weighted by Gasteiger charge is 2.72. The highest BCUT2D eigenvalue weighted by molar-refractivity contribution is 5.68. The molecule has 0 aromatic carbocycles. The van der Waals surface area contributed by atoms with Crippen LogP contribution in [0.15, 0.2) is 12.2 Å². The Hall–Kier alpha value is -1.15. The Morgan fingerprint density at radius 3 is 2.76 bits per heavy atom. The number of aliphatic hydroxyl groups is 1. The van der Waals surface area contributed by atoms with Crippen LogP contribution in [0.4, 0.5) is 4.79 Å². The SMILES string of the molecule is COC1C(C2(C)O[C@@H]2/C=C/C(C)C)[C@]2(CC[C@H]1OC(=O)N1CCCC1CO)CO2.